The summed E-state index contributed by atoms with van der Waals surface area (Å²) in [5, 5.41) is 0. The molecule has 0 spiro atoms. The molecule has 1 aliphatic heterocycles. The fourth-order valence-electron chi connectivity index (χ4n) is 2.81. The van der Waals surface area contributed by atoms with Gasteiger partial charge in [0, 0.05) is 44.1 Å². The van der Waals surface area contributed by atoms with Crippen molar-refractivity contribution in [3.8, 4) is 5.75 Å². The quantitative estimate of drug-likeness (QED) is 0.778. The zero-order valence-corrected chi connectivity index (χ0v) is 14.6. The van der Waals surface area contributed by atoms with E-state index in [9.17, 15) is 4.79 Å². The maximum atomic E-state index is 12.5. The third kappa shape index (κ3) is 5.03. The zero-order valence-electron chi connectivity index (χ0n) is 14.6. The molecule has 25 heavy (non-hydrogen) atoms. The van der Waals surface area contributed by atoms with Crippen LogP contribution in [-0.2, 0) is 11.2 Å². The van der Waals surface area contributed by atoms with Crippen molar-refractivity contribution in [2.75, 3.05) is 26.8 Å². The lowest BCUT2D eigenvalue weighted by Crippen LogP contribution is -2.29. The number of aromatic nitrogens is 1. The zero-order chi connectivity index (χ0) is 17.5. The van der Waals surface area contributed by atoms with Crippen molar-refractivity contribution in [3.05, 3.63) is 59.9 Å². The Hall–Kier alpha value is -2.40. The van der Waals surface area contributed by atoms with E-state index in [1.54, 1.807) is 11.1 Å². The largest absolute Gasteiger partial charge is 0.491 e. The number of nitrogens with zero attached hydrogens (tertiary/aromatic N) is 2. The average Bonchev–Trinajstić information content (AvgIpc) is 3.19. The molecule has 1 unspecified atom stereocenters. The predicted molar refractivity (Wildman–Crippen MR) is 95.8 cm³/mol. The van der Waals surface area contributed by atoms with Crippen molar-refractivity contribution >= 4 is 5.91 Å². The van der Waals surface area contributed by atoms with Crippen molar-refractivity contribution in [1.82, 2.24) is 9.88 Å². The Morgan fingerprint density at radius 1 is 1.28 bits per heavy atom. The first kappa shape index (κ1) is 17.4. The third-order valence-corrected chi connectivity index (χ3v) is 4.34. The first-order chi connectivity index (χ1) is 12.2. The number of benzene rings is 1. The number of pyridine rings is 1. The summed E-state index contributed by atoms with van der Waals surface area (Å²) in [6.45, 7) is 2.02. The Morgan fingerprint density at radius 3 is 2.80 bits per heavy atom. The molecule has 0 radical (unpaired) electrons. The molecule has 1 aliphatic rings. The number of hydrogen-bond acceptors (Lipinski definition) is 4. The second-order valence-electron chi connectivity index (χ2n) is 6.27. The molecule has 132 valence electrons. The summed E-state index contributed by atoms with van der Waals surface area (Å²) in [6, 6.07) is 13.1. The molecular weight excluding hydrogens is 316 g/mol. The first-order valence-electron chi connectivity index (χ1n) is 8.72. The average molecular weight is 340 g/mol. The number of ether oxygens (including phenoxy) is 2. The number of carbonyl (C=O) groups is 1. The van der Waals surface area contributed by atoms with Crippen LogP contribution in [0.15, 0.2) is 48.7 Å². The second kappa shape index (κ2) is 8.62. The Balaban J connectivity index is 1.49. The van der Waals surface area contributed by atoms with Gasteiger partial charge < -0.3 is 14.4 Å². The molecule has 0 saturated carbocycles. The SMILES string of the molecule is CN(CCc1ccccn1)C(=O)c1ccc(OCC2CCCO2)cc1. The molecule has 1 aromatic carbocycles. The first-order valence-corrected chi connectivity index (χ1v) is 8.72. The summed E-state index contributed by atoms with van der Waals surface area (Å²) in [5.74, 6) is 0.768. The van der Waals surface area contributed by atoms with Crippen LogP contribution in [-0.4, -0.2) is 48.7 Å². The van der Waals surface area contributed by atoms with E-state index in [2.05, 4.69) is 4.98 Å². The fourth-order valence-corrected chi connectivity index (χ4v) is 2.81. The second-order valence-corrected chi connectivity index (χ2v) is 6.27. The van der Waals surface area contributed by atoms with E-state index in [0.717, 1.165) is 37.3 Å². The van der Waals surface area contributed by atoms with E-state index in [1.165, 1.54) is 0 Å². The number of amides is 1. The van der Waals surface area contributed by atoms with Crippen molar-refractivity contribution in [3.63, 3.8) is 0 Å². The summed E-state index contributed by atoms with van der Waals surface area (Å²) in [4.78, 5) is 18.5. The molecule has 0 aliphatic carbocycles. The van der Waals surface area contributed by atoms with Crippen molar-refractivity contribution in [2.24, 2.45) is 0 Å². The highest BCUT2D eigenvalue weighted by atomic mass is 16.5. The van der Waals surface area contributed by atoms with Gasteiger partial charge in [0.05, 0.1) is 6.10 Å². The number of carbonyl (C=O) groups excluding carboxylic acids is 1. The minimum absolute atomic E-state index is 0.00149. The number of likely N-dealkylation sites (N-methyl/N-ethyl adjacent to an activating group) is 1. The van der Waals surface area contributed by atoms with Gasteiger partial charge in [-0.1, -0.05) is 6.07 Å². The third-order valence-electron chi connectivity index (χ3n) is 4.34. The molecule has 2 heterocycles. The smallest absolute Gasteiger partial charge is 0.253 e. The van der Waals surface area contributed by atoms with Crippen LogP contribution in [0.3, 0.4) is 0 Å². The summed E-state index contributed by atoms with van der Waals surface area (Å²) in [7, 11) is 1.81. The Labute approximate surface area is 148 Å². The standard InChI is InChI=1S/C20H24N2O3/c1-22(13-11-17-5-2-3-12-21-17)20(23)16-7-9-18(10-8-16)25-15-19-6-4-14-24-19/h2-3,5,7-10,12,19H,4,6,11,13-15H2,1H3. The van der Waals surface area contributed by atoms with Gasteiger partial charge in [-0.2, -0.15) is 0 Å². The molecule has 1 fully saturated rings. The van der Waals surface area contributed by atoms with E-state index in [0.29, 0.717) is 18.7 Å². The van der Waals surface area contributed by atoms with Crippen LogP contribution in [0.5, 0.6) is 5.75 Å². The topological polar surface area (TPSA) is 51.7 Å². The van der Waals surface area contributed by atoms with Crippen molar-refractivity contribution in [2.45, 2.75) is 25.4 Å². The molecule has 1 aromatic heterocycles. The summed E-state index contributed by atoms with van der Waals surface area (Å²) >= 11 is 0. The lowest BCUT2D eigenvalue weighted by molar-refractivity contribution is 0.0679. The van der Waals surface area contributed by atoms with Crippen LogP contribution in [0.4, 0.5) is 0 Å². The Kier molecular flexibility index (Phi) is 6.01. The molecule has 5 nitrogen and oxygen atoms in total. The minimum Gasteiger partial charge on any atom is -0.491 e. The van der Waals surface area contributed by atoms with E-state index < -0.39 is 0 Å². The van der Waals surface area contributed by atoms with Gasteiger partial charge in [-0.3, -0.25) is 9.78 Å². The maximum absolute atomic E-state index is 12.5. The van der Waals surface area contributed by atoms with Gasteiger partial charge in [-0.05, 0) is 49.2 Å². The number of hydrogen-bond donors (Lipinski definition) is 0. The van der Waals surface area contributed by atoms with Gasteiger partial charge in [-0.15, -0.1) is 0 Å². The molecule has 5 heteroatoms. The highest BCUT2D eigenvalue weighted by molar-refractivity contribution is 5.94. The molecule has 1 amide bonds. The minimum atomic E-state index is 0.00149. The normalized spacial score (nSPS) is 16.6. The molecule has 1 saturated heterocycles. The molecule has 0 N–H and O–H groups in total. The van der Waals surface area contributed by atoms with E-state index in [4.69, 9.17) is 9.47 Å². The summed E-state index contributed by atoms with van der Waals surface area (Å²) in [5.41, 5.74) is 1.65. The van der Waals surface area contributed by atoms with Crippen LogP contribution in [0.1, 0.15) is 28.9 Å². The number of rotatable bonds is 7. The van der Waals surface area contributed by atoms with Crippen LogP contribution in [0.25, 0.3) is 0 Å². The predicted octanol–water partition coefficient (Wildman–Crippen LogP) is 2.95. The Morgan fingerprint density at radius 2 is 2.12 bits per heavy atom. The molecule has 2 aromatic rings. The van der Waals surface area contributed by atoms with Gasteiger partial charge in [0.15, 0.2) is 0 Å². The van der Waals surface area contributed by atoms with Crippen molar-refractivity contribution in [1.29, 1.82) is 0 Å². The highest BCUT2D eigenvalue weighted by Gasteiger charge is 2.16. The van der Waals surface area contributed by atoms with E-state index >= 15 is 0 Å². The highest BCUT2D eigenvalue weighted by Crippen LogP contribution is 2.17. The van der Waals surface area contributed by atoms with Crippen LogP contribution in [0.2, 0.25) is 0 Å². The van der Waals surface area contributed by atoms with E-state index in [1.807, 2.05) is 49.5 Å². The molecular formula is C20H24N2O3. The lowest BCUT2D eigenvalue weighted by atomic mass is 10.2. The van der Waals surface area contributed by atoms with Gasteiger partial charge in [0.2, 0.25) is 0 Å². The summed E-state index contributed by atoms with van der Waals surface area (Å²) < 4.78 is 11.3. The lowest BCUT2D eigenvalue weighted by Gasteiger charge is -2.17. The van der Waals surface area contributed by atoms with Gasteiger partial charge in [0.1, 0.15) is 12.4 Å². The van der Waals surface area contributed by atoms with Crippen molar-refractivity contribution < 1.29 is 14.3 Å². The molecule has 0 bridgehead atoms. The Bertz CT molecular complexity index is 667. The fraction of sp³-hybridized carbons (Fsp3) is 0.400. The van der Waals surface area contributed by atoms with Crippen LogP contribution < -0.4 is 4.74 Å². The maximum Gasteiger partial charge on any atom is 0.253 e. The van der Waals surface area contributed by atoms with Gasteiger partial charge >= 0.3 is 0 Å². The monoisotopic (exact) mass is 340 g/mol. The van der Waals surface area contributed by atoms with Gasteiger partial charge in [-0.25, -0.2) is 0 Å². The van der Waals surface area contributed by atoms with Crippen LogP contribution in [0, 0.1) is 0 Å². The summed E-state index contributed by atoms with van der Waals surface area (Å²) in [6.07, 6.45) is 4.86. The van der Waals surface area contributed by atoms with Crippen LogP contribution >= 0.6 is 0 Å². The van der Waals surface area contributed by atoms with Gasteiger partial charge in [0.25, 0.3) is 5.91 Å². The van der Waals surface area contributed by atoms with E-state index in [-0.39, 0.29) is 12.0 Å². The molecule has 1 atom stereocenters. The molecule has 3 rings (SSSR count).